The lowest BCUT2D eigenvalue weighted by atomic mass is 9.95. The van der Waals surface area contributed by atoms with E-state index >= 15 is 0 Å². The minimum Gasteiger partial charge on any atom is -0.312 e. The second-order valence-corrected chi connectivity index (χ2v) is 5.91. The van der Waals surface area contributed by atoms with E-state index in [2.05, 4.69) is 17.9 Å². The second kappa shape index (κ2) is 5.37. The summed E-state index contributed by atoms with van der Waals surface area (Å²) in [5.41, 5.74) is 5.67. The van der Waals surface area contributed by atoms with Crippen molar-refractivity contribution in [3.05, 3.63) is 0 Å². The van der Waals surface area contributed by atoms with Crippen LogP contribution in [0.25, 0.3) is 0 Å². The van der Waals surface area contributed by atoms with E-state index in [0.717, 1.165) is 38.4 Å². The molecule has 3 heteroatoms. The van der Waals surface area contributed by atoms with Crippen molar-refractivity contribution in [3.8, 4) is 6.07 Å². The van der Waals surface area contributed by atoms with Gasteiger partial charge in [-0.05, 0) is 57.0 Å². The number of likely N-dealkylation sites (tertiary alicyclic amines) is 1. The maximum Gasteiger partial charge on any atom is 0.119 e. The fourth-order valence-corrected chi connectivity index (χ4v) is 3.02. The van der Waals surface area contributed by atoms with E-state index in [1.165, 1.54) is 25.7 Å². The van der Waals surface area contributed by atoms with Gasteiger partial charge in [-0.25, -0.2) is 0 Å². The number of hydrogen-bond donors (Lipinski definition) is 1. The standard InChI is InChI=1S/C14H25N3/c1-2-12-4-3-8-17(9-7-12)11-14(16,10-15)13-5-6-13/h12-13H,2-9,11,16H2,1H3. The van der Waals surface area contributed by atoms with Gasteiger partial charge in [0.05, 0.1) is 6.07 Å². The molecule has 0 spiro atoms. The topological polar surface area (TPSA) is 53.0 Å². The number of nitriles is 1. The Morgan fingerprint density at radius 1 is 1.29 bits per heavy atom. The molecule has 1 aliphatic heterocycles. The van der Waals surface area contributed by atoms with Gasteiger partial charge >= 0.3 is 0 Å². The number of hydrogen-bond acceptors (Lipinski definition) is 3. The maximum absolute atomic E-state index is 9.29. The Hall–Kier alpha value is -0.590. The van der Waals surface area contributed by atoms with E-state index in [0.29, 0.717) is 5.92 Å². The average Bonchev–Trinajstić information content (AvgIpc) is 3.16. The van der Waals surface area contributed by atoms with Gasteiger partial charge in [-0.2, -0.15) is 5.26 Å². The zero-order valence-corrected chi connectivity index (χ0v) is 11.0. The first-order valence-corrected chi connectivity index (χ1v) is 7.10. The average molecular weight is 235 g/mol. The molecule has 0 radical (unpaired) electrons. The van der Waals surface area contributed by atoms with Crippen LogP contribution in [0.2, 0.25) is 0 Å². The lowest BCUT2D eigenvalue weighted by molar-refractivity contribution is 0.226. The molecule has 3 nitrogen and oxygen atoms in total. The van der Waals surface area contributed by atoms with Crippen LogP contribution in [-0.4, -0.2) is 30.1 Å². The van der Waals surface area contributed by atoms with E-state index in [1.807, 2.05) is 0 Å². The van der Waals surface area contributed by atoms with Gasteiger partial charge in [0.1, 0.15) is 5.54 Å². The minimum absolute atomic E-state index is 0.456. The number of rotatable bonds is 4. The summed E-state index contributed by atoms with van der Waals surface area (Å²) in [7, 11) is 0. The Morgan fingerprint density at radius 3 is 2.65 bits per heavy atom. The highest BCUT2D eigenvalue weighted by Gasteiger charge is 2.43. The van der Waals surface area contributed by atoms with Crippen LogP contribution in [0.5, 0.6) is 0 Å². The molecule has 0 bridgehead atoms. The van der Waals surface area contributed by atoms with Gasteiger partial charge < -0.3 is 10.6 Å². The van der Waals surface area contributed by atoms with Crippen molar-refractivity contribution in [1.29, 1.82) is 5.26 Å². The van der Waals surface area contributed by atoms with E-state index in [4.69, 9.17) is 5.73 Å². The monoisotopic (exact) mass is 235 g/mol. The van der Waals surface area contributed by atoms with Crippen LogP contribution >= 0.6 is 0 Å². The Kier molecular flexibility index (Phi) is 4.06. The molecule has 0 amide bonds. The molecule has 1 aliphatic carbocycles. The molecular formula is C14H25N3. The minimum atomic E-state index is -0.577. The first-order valence-electron chi connectivity index (χ1n) is 7.10. The van der Waals surface area contributed by atoms with Crippen LogP contribution in [0.4, 0.5) is 0 Å². The van der Waals surface area contributed by atoms with Crippen molar-refractivity contribution in [2.24, 2.45) is 17.6 Å². The summed E-state index contributed by atoms with van der Waals surface area (Å²) in [5.74, 6) is 1.34. The Bertz CT molecular complexity index is 292. The normalized spacial score (nSPS) is 30.3. The van der Waals surface area contributed by atoms with Crippen LogP contribution in [0.15, 0.2) is 0 Å². The summed E-state index contributed by atoms with van der Waals surface area (Å²) in [4.78, 5) is 2.43. The van der Waals surface area contributed by atoms with Crippen LogP contribution in [-0.2, 0) is 0 Å². The van der Waals surface area contributed by atoms with Crippen molar-refractivity contribution in [2.45, 2.75) is 51.0 Å². The SMILES string of the molecule is CCC1CCCN(CC(N)(C#N)C2CC2)CC1. The summed E-state index contributed by atoms with van der Waals surface area (Å²) >= 11 is 0. The van der Waals surface area contributed by atoms with Gasteiger partial charge in [0.15, 0.2) is 0 Å². The highest BCUT2D eigenvalue weighted by Crippen LogP contribution is 2.38. The Balaban J connectivity index is 1.88. The highest BCUT2D eigenvalue weighted by molar-refractivity contribution is 5.14. The van der Waals surface area contributed by atoms with Crippen molar-refractivity contribution < 1.29 is 0 Å². The molecule has 17 heavy (non-hydrogen) atoms. The summed E-state index contributed by atoms with van der Waals surface area (Å²) in [6.07, 6.45) is 7.49. The lowest BCUT2D eigenvalue weighted by Gasteiger charge is -2.29. The Labute approximate surface area is 105 Å². The van der Waals surface area contributed by atoms with E-state index < -0.39 is 5.54 Å². The summed E-state index contributed by atoms with van der Waals surface area (Å²) in [6, 6.07) is 2.37. The van der Waals surface area contributed by atoms with Crippen molar-refractivity contribution >= 4 is 0 Å². The molecule has 1 saturated heterocycles. The lowest BCUT2D eigenvalue weighted by Crippen LogP contribution is -2.51. The predicted octanol–water partition coefficient (Wildman–Crippen LogP) is 2.13. The molecule has 0 aromatic rings. The van der Waals surface area contributed by atoms with Crippen LogP contribution in [0.1, 0.15) is 45.4 Å². The molecule has 2 unspecified atom stereocenters. The van der Waals surface area contributed by atoms with Gasteiger partial charge in [0, 0.05) is 6.54 Å². The molecule has 2 atom stereocenters. The first-order chi connectivity index (χ1) is 8.18. The van der Waals surface area contributed by atoms with Gasteiger partial charge in [-0.1, -0.05) is 13.3 Å². The van der Waals surface area contributed by atoms with Crippen LogP contribution in [0, 0.1) is 23.2 Å². The zero-order chi connectivity index (χ0) is 12.3. The van der Waals surface area contributed by atoms with Gasteiger partial charge in [0.25, 0.3) is 0 Å². The predicted molar refractivity (Wildman–Crippen MR) is 69.3 cm³/mol. The van der Waals surface area contributed by atoms with Crippen LogP contribution < -0.4 is 5.73 Å². The van der Waals surface area contributed by atoms with Crippen LogP contribution in [0.3, 0.4) is 0 Å². The molecule has 2 aliphatic rings. The first kappa shape index (κ1) is 12.9. The molecule has 1 saturated carbocycles. The smallest absolute Gasteiger partial charge is 0.119 e. The quantitative estimate of drug-likeness (QED) is 0.812. The summed E-state index contributed by atoms with van der Waals surface area (Å²) in [6.45, 7) is 5.33. The molecule has 2 N–H and O–H groups in total. The van der Waals surface area contributed by atoms with Crippen molar-refractivity contribution in [2.75, 3.05) is 19.6 Å². The molecule has 1 heterocycles. The van der Waals surface area contributed by atoms with Gasteiger partial charge in [-0.3, -0.25) is 0 Å². The molecule has 96 valence electrons. The summed E-state index contributed by atoms with van der Waals surface area (Å²) < 4.78 is 0. The fraction of sp³-hybridized carbons (Fsp3) is 0.929. The summed E-state index contributed by atoms with van der Waals surface area (Å²) in [5, 5.41) is 9.29. The van der Waals surface area contributed by atoms with Gasteiger partial charge in [-0.15, -0.1) is 0 Å². The fourth-order valence-electron chi connectivity index (χ4n) is 3.02. The van der Waals surface area contributed by atoms with E-state index in [1.54, 1.807) is 0 Å². The van der Waals surface area contributed by atoms with Gasteiger partial charge in [0.2, 0.25) is 0 Å². The van der Waals surface area contributed by atoms with Crippen molar-refractivity contribution in [3.63, 3.8) is 0 Å². The largest absolute Gasteiger partial charge is 0.312 e. The third-order valence-corrected chi connectivity index (χ3v) is 4.52. The molecule has 2 rings (SSSR count). The molecular weight excluding hydrogens is 210 g/mol. The zero-order valence-electron chi connectivity index (χ0n) is 11.0. The van der Waals surface area contributed by atoms with E-state index in [9.17, 15) is 5.26 Å². The number of nitrogens with two attached hydrogens (primary N) is 1. The third kappa shape index (κ3) is 3.20. The molecule has 0 aromatic heterocycles. The molecule has 2 fully saturated rings. The number of nitrogens with zero attached hydrogens (tertiary/aromatic N) is 2. The Morgan fingerprint density at radius 2 is 2.06 bits per heavy atom. The third-order valence-electron chi connectivity index (χ3n) is 4.52. The highest BCUT2D eigenvalue weighted by atomic mass is 15.1. The molecule has 0 aromatic carbocycles. The van der Waals surface area contributed by atoms with Crippen molar-refractivity contribution in [1.82, 2.24) is 4.90 Å². The maximum atomic E-state index is 9.29. The van der Waals surface area contributed by atoms with E-state index in [-0.39, 0.29) is 0 Å². The second-order valence-electron chi connectivity index (χ2n) is 5.91.